The van der Waals surface area contributed by atoms with Gasteiger partial charge in [0.1, 0.15) is 0 Å². The maximum atomic E-state index is 10.4. The molecule has 4 nitrogen and oxygen atoms in total. The molecule has 0 bridgehead atoms. The van der Waals surface area contributed by atoms with E-state index in [0.717, 1.165) is 19.3 Å². The van der Waals surface area contributed by atoms with Crippen LogP contribution in [0.25, 0.3) is 0 Å². The Labute approximate surface area is 140 Å². The summed E-state index contributed by atoms with van der Waals surface area (Å²) in [6.45, 7) is 2.17. The van der Waals surface area contributed by atoms with Crippen molar-refractivity contribution >= 4 is 11.9 Å². The van der Waals surface area contributed by atoms with Gasteiger partial charge in [-0.3, -0.25) is 0 Å². The third-order valence-corrected chi connectivity index (χ3v) is 2.92. The largest absolute Gasteiger partial charge is 1.00 e. The SMILES string of the molecule is CCCCCCCCCCC(C(=O)[O-])C(=O)[O-].[Li+].[Li+]. The molecule has 0 aromatic carbocycles. The Morgan fingerprint density at radius 2 is 1.16 bits per heavy atom. The van der Waals surface area contributed by atoms with Crippen LogP contribution < -0.4 is 47.9 Å². The number of carboxylic acid groups (broad SMARTS) is 2. The molecule has 0 aromatic rings. The van der Waals surface area contributed by atoms with Gasteiger partial charge < -0.3 is 19.8 Å². The van der Waals surface area contributed by atoms with E-state index in [1.807, 2.05) is 0 Å². The number of carbonyl (C=O) groups is 2. The molecule has 0 unspecified atom stereocenters. The van der Waals surface area contributed by atoms with Crippen LogP contribution in [0.3, 0.4) is 0 Å². The third-order valence-electron chi connectivity index (χ3n) is 2.92. The molecule has 19 heavy (non-hydrogen) atoms. The summed E-state index contributed by atoms with van der Waals surface area (Å²) in [6, 6.07) is 0. The molecule has 100 valence electrons. The van der Waals surface area contributed by atoms with Crippen LogP contribution in [0.1, 0.15) is 64.7 Å². The zero-order valence-electron chi connectivity index (χ0n) is 12.6. The van der Waals surface area contributed by atoms with Gasteiger partial charge in [-0.1, -0.05) is 58.3 Å². The van der Waals surface area contributed by atoms with E-state index in [-0.39, 0.29) is 44.1 Å². The molecule has 0 rings (SSSR count). The van der Waals surface area contributed by atoms with Gasteiger partial charge in [0, 0.05) is 5.92 Å². The number of hydrogen-bond acceptors (Lipinski definition) is 4. The van der Waals surface area contributed by atoms with Crippen molar-refractivity contribution in [1.82, 2.24) is 0 Å². The first kappa shape index (κ1) is 24.2. The molecule has 0 atom stereocenters. The predicted octanol–water partition coefficient (Wildman–Crippen LogP) is -5.36. The second kappa shape index (κ2) is 16.2. The summed E-state index contributed by atoms with van der Waals surface area (Å²) >= 11 is 0. The van der Waals surface area contributed by atoms with E-state index in [1.54, 1.807) is 0 Å². The first-order valence-corrected chi connectivity index (χ1v) is 6.51. The van der Waals surface area contributed by atoms with Crippen LogP contribution in [0.2, 0.25) is 0 Å². The van der Waals surface area contributed by atoms with Crippen molar-refractivity contribution in [1.29, 1.82) is 0 Å². The maximum Gasteiger partial charge on any atom is 1.00 e. The molecule has 6 heteroatoms. The smallest absolute Gasteiger partial charge is 0.549 e. The zero-order valence-corrected chi connectivity index (χ0v) is 12.6. The van der Waals surface area contributed by atoms with Gasteiger partial charge in [-0.25, -0.2) is 0 Å². The van der Waals surface area contributed by atoms with E-state index in [9.17, 15) is 19.8 Å². The summed E-state index contributed by atoms with van der Waals surface area (Å²) < 4.78 is 0. The fourth-order valence-electron chi connectivity index (χ4n) is 1.81. The molecular formula is C13H22Li2O4. The minimum atomic E-state index is -1.53. The van der Waals surface area contributed by atoms with Gasteiger partial charge in [0.25, 0.3) is 0 Å². The van der Waals surface area contributed by atoms with E-state index >= 15 is 0 Å². The van der Waals surface area contributed by atoms with Gasteiger partial charge in [-0.15, -0.1) is 0 Å². The first-order valence-electron chi connectivity index (χ1n) is 6.51. The molecule has 0 fully saturated rings. The van der Waals surface area contributed by atoms with Gasteiger partial charge in [-0.2, -0.15) is 0 Å². The monoisotopic (exact) mass is 256 g/mol. The number of unbranched alkanes of at least 4 members (excludes halogenated alkanes) is 7. The van der Waals surface area contributed by atoms with Crippen molar-refractivity contribution in [2.45, 2.75) is 64.7 Å². The number of carbonyl (C=O) groups excluding carboxylic acids is 2. The minimum absolute atomic E-state index is 0. The van der Waals surface area contributed by atoms with Crippen LogP contribution in [-0.4, -0.2) is 11.9 Å². The summed E-state index contributed by atoms with van der Waals surface area (Å²) in [6.07, 6.45) is 8.73. The van der Waals surface area contributed by atoms with Crippen LogP contribution in [0.15, 0.2) is 0 Å². The average molecular weight is 256 g/mol. The first-order chi connectivity index (χ1) is 8.09. The Kier molecular flexibility index (Phi) is 20.6. The molecule has 0 aliphatic heterocycles. The maximum absolute atomic E-state index is 10.4. The van der Waals surface area contributed by atoms with Crippen molar-refractivity contribution < 1.29 is 57.5 Å². The van der Waals surface area contributed by atoms with Crippen LogP contribution in [0.4, 0.5) is 0 Å². The number of hydrogen-bond donors (Lipinski definition) is 0. The average Bonchev–Trinajstić information content (AvgIpc) is 2.26. The van der Waals surface area contributed by atoms with Crippen LogP contribution in [0.5, 0.6) is 0 Å². The molecule has 0 saturated heterocycles. The molecular weight excluding hydrogens is 234 g/mol. The molecule has 0 aromatic heterocycles. The minimum Gasteiger partial charge on any atom is -0.549 e. The van der Waals surface area contributed by atoms with Crippen molar-refractivity contribution in [2.24, 2.45) is 5.92 Å². The van der Waals surface area contributed by atoms with Crippen LogP contribution in [-0.2, 0) is 9.59 Å². The van der Waals surface area contributed by atoms with Crippen molar-refractivity contribution in [3.63, 3.8) is 0 Å². The van der Waals surface area contributed by atoms with Crippen molar-refractivity contribution in [3.05, 3.63) is 0 Å². The molecule has 0 spiro atoms. The molecule has 0 amide bonds. The van der Waals surface area contributed by atoms with Crippen molar-refractivity contribution in [2.75, 3.05) is 0 Å². The third kappa shape index (κ3) is 14.4. The zero-order chi connectivity index (χ0) is 13.1. The van der Waals surface area contributed by atoms with Crippen LogP contribution >= 0.6 is 0 Å². The molecule has 0 N–H and O–H groups in total. The van der Waals surface area contributed by atoms with Gasteiger partial charge in [-0.05, 0) is 6.42 Å². The second-order valence-electron chi connectivity index (χ2n) is 4.45. The summed E-state index contributed by atoms with van der Waals surface area (Å²) in [7, 11) is 0. The van der Waals surface area contributed by atoms with Gasteiger partial charge in [0.2, 0.25) is 0 Å². The normalized spacial score (nSPS) is 9.58. The molecule has 0 aliphatic carbocycles. The number of aliphatic carboxylic acids is 2. The van der Waals surface area contributed by atoms with E-state index in [2.05, 4.69) is 6.92 Å². The fraction of sp³-hybridized carbons (Fsp3) is 0.846. The van der Waals surface area contributed by atoms with Gasteiger partial charge in [0.15, 0.2) is 0 Å². The molecule has 0 aliphatic rings. The van der Waals surface area contributed by atoms with E-state index in [0.29, 0.717) is 6.42 Å². The Hall–Kier alpha value is 0.135. The van der Waals surface area contributed by atoms with E-state index in [4.69, 9.17) is 0 Å². The van der Waals surface area contributed by atoms with Crippen molar-refractivity contribution in [3.8, 4) is 0 Å². The molecule has 0 radical (unpaired) electrons. The summed E-state index contributed by atoms with van der Waals surface area (Å²) in [5.41, 5.74) is 0. The number of carboxylic acids is 2. The predicted molar refractivity (Wildman–Crippen MR) is 60.7 cm³/mol. The summed E-state index contributed by atoms with van der Waals surface area (Å²) in [5.74, 6) is -4.52. The number of rotatable bonds is 11. The van der Waals surface area contributed by atoms with Crippen LogP contribution in [0, 0.1) is 5.92 Å². The standard InChI is InChI=1S/C13H24O4.2Li/c1-2-3-4-5-6-7-8-9-10-11(12(14)15)13(16)17;;/h11H,2-10H2,1H3,(H,14,15)(H,16,17);;/q;2*+1/p-2. The van der Waals surface area contributed by atoms with Gasteiger partial charge in [0.05, 0.1) is 11.9 Å². The Balaban J connectivity index is -0.00000128. The summed E-state index contributed by atoms with van der Waals surface area (Å²) in [5, 5.41) is 20.9. The molecule has 0 heterocycles. The Bertz CT molecular complexity index is 221. The Morgan fingerprint density at radius 3 is 1.53 bits per heavy atom. The second-order valence-corrected chi connectivity index (χ2v) is 4.45. The fourth-order valence-corrected chi connectivity index (χ4v) is 1.81. The topological polar surface area (TPSA) is 80.3 Å². The Morgan fingerprint density at radius 1 is 0.789 bits per heavy atom. The summed E-state index contributed by atoms with van der Waals surface area (Å²) in [4.78, 5) is 20.9. The van der Waals surface area contributed by atoms with E-state index < -0.39 is 17.9 Å². The van der Waals surface area contributed by atoms with E-state index in [1.165, 1.54) is 25.7 Å². The molecule has 0 saturated carbocycles. The van der Waals surface area contributed by atoms with Gasteiger partial charge >= 0.3 is 37.7 Å². The quantitative estimate of drug-likeness (QED) is 0.210.